The highest BCUT2D eigenvalue weighted by atomic mass is 19.4. The number of hydrogen-bond acceptors (Lipinski definition) is 4. The van der Waals surface area contributed by atoms with Crippen LogP contribution in [0.4, 0.5) is 19.1 Å². The highest BCUT2D eigenvalue weighted by Gasteiger charge is 2.33. The molecule has 18 heavy (non-hydrogen) atoms. The Labute approximate surface area is 100 Å². The zero-order valence-electron chi connectivity index (χ0n) is 8.90. The number of terminal acetylenes is 1. The number of alkyl halides is 3. The molecule has 1 rings (SSSR count). The second-order valence-electron chi connectivity index (χ2n) is 3.21. The second kappa shape index (κ2) is 5.35. The molecule has 0 saturated carbocycles. The van der Waals surface area contributed by atoms with E-state index in [0.717, 1.165) is 6.20 Å². The van der Waals surface area contributed by atoms with Crippen molar-refractivity contribution >= 4 is 11.9 Å². The summed E-state index contributed by atoms with van der Waals surface area (Å²) in [7, 11) is 0. The van der Waals surface area contributed by atoms with Crippen LogP contribution in [0.5, 0.6) is 0 Å². The van der Waals surface area contributed by atoms with E-state index in [1.165, 1.54) is 0 Å². The molecule has 0 spiro atoms. The van der Waals surface area contributed by atoms with Crippen LogP contribution >= 0.6 is 0 Å². The number of anilines is 1. The van der Waals surface area contributed by atoms with E-state index in [-0.39, 0.29) is 6.42 Å². The molecule has 0 aliphatic heterocycles. The Hall–Kier alpha value is -2.30. The molecule has 8 heteroatoms. The maximum Gasteiger partial charge on any atom is 0.433 e. The van der Waals surface area contributed by atoms with Gasteiger partial charge in [-0.1, -0.05) is 0 Å². The number of carboxylic acids is 1. The number of nitrogens with one attached hydrogen (secondary N) is 1. The van der Waals surface area contributed by atoms with Gasteiger partial charge in [-0.05, 0) is 6.07 Å². The summed E-state index contributed by atoms with van der Waals surface area (Å²) in [4.78, 5) is 17.4. The van der Waals surface area contributed by atoms with Gasteiger partial charge in [0.15, 0.2) is 0 Å². The van der Waals surface area contributed by atoms with Crippen LogP contribution < -0.4 is 5.32 Å². The van der Waals surface area contributed by atoms with Gasteiger partial charge in [-0.2, -0.15) is 13.2 Å². The van der Waals surface area contributed by atoms with E-state index in [1.54, 1.807) is 0 Å². The number of aliphatic carboxylic acids is 1. The summed E-state index contributed by atoms with van der Waals surface area (Å²) >= 11 is 0. The molecule has 0 aliphatic carbocycles. The van der Waals surface area contributed by atoms with Crippen molar-refractivity contribution in [2.45, 2.75) is 18.6 Å². The third-order valence-corrected chi connectivity index (χ3v) is 1.87. The highest BCUT2D eigenvalue weighted by Crippen LogP contribution is 2.27. The number of aromatic nitrogens is 2. The third kappa shape index (κ3) is 3.62. The highest BCUT2D eigenvalue weighted by molar-refractivity contribution is 5.76. The predicted molar refractivity (Wildman–Crippen MR) is 55.5 cm³/mol. The van der Waals surface area contributed by atoms with E-state index in [2.05, 4.69) is 21.2 Å². The van der Waals surface area contributed by atoms with Crippen LogP contribution in [0, 0.1) is 12.3 Å². The number of rotatable bonds is 4. The van der Waals surface area contributed by atoms with Crippen LogP contribution in [0.15, 0.2) is 12.3 Å². The summed E-state index contributed by atoms with van der Waals surface area (Å²) < 4.78 is 37.0. The first-order chi connectivity index (χ1) is 8.34. The predicted octanol–water partition coefficient (Wildman–Crippen LogP) is 1.38. The SMILES string of the molecule is C#CCC(Nc1nccc(C(F)(F)F)n1)C(=O)O. The van der Waals surface area contributed by atoms with E-state index >= 15 is 0 Å². The maximum atomic E-state index is 12.3. The molecule has 0 saturated heterocycles. The largest absolute Gasteiger partial charge is 0.480 e. The molecule has 1 unspecified atom stereocenters. The Morgan fingerprint density at radius 2 is 2.28 bits per heavy atom. The van der Waals surface area contributed by atoms with Crippen LogP contribution in [-0.4, -0.2) is 27.1 Å². The second-order valence-corrected chi connectivity index (χ2v) is 3.21. The van der Waals surface area contributed by atoms with Crippen molar-refractivity contribution in [2.24, 2.45) is 0 Å². The molecular formula is C10H8F3N3O2. The summed E-state index contributed by atoms with van der Waals surface area (Å²) in [6, 6.07) is -0.555. The van der Waals surface area contributed by atoms with Crippen LogP contribution in [0.2, 0.25) is 0 Å². The van der Waals surface area contributed by atoms with Gasteiger partial charge in [0.25, 0.3) is 0 Å². The number of carboxylic acid groups (broad SMARTS) is 1. The molecule has 1 heterocycles. The van der Waals surface area contributed by atoms with Crippen molar-refractivity contribution in [1.82, 2.24) is 9.97 Å². The minimum absolute atomic E-state index is 0.199. The van der Waals surface area contributed by atoms with Gasteiger partial charge in [0, 0.05) is 12.6 Å². The van der Waals surface area contributed by atoms with Gasteiger partial charge in [0.1, 0.15) is 11.7 Å². The molecule has 2 N–H and O–H groups in total. The standard InChI is InChI=1S/C10H8F3N3O2/c1-2-3-6(8(17)18)15-9-14-5-4-7(16-9)10(11,12)13/h1,4-6H,3H2,(H,17,18)(H,14,15,16). The number of carbonyl (C=O) groups is 1. The molecule has 1 aromatic heterocycles. The van der Waals surface area contributed by atoms with Gasteiger partial charge in [0.05, 0.1) is 0 Å². The maximum absolute atomic E-state index is 12.3. The van der Waals surface area contributed by atoms with Crippen molar-refractivity contribution in [3.63, 3.8) is 0 Å². The van der Waals surface area contributed by atoms with Gasteiger partial charge in [-0.15, -0.1) is 12.3 Å². The van der Waals surface area contributed by atoms with Crippen molar-refractivity contribution in [3.8, 4) is 12.3 Å². The molecule has 0 bridgehead atoms. The molecule has 1 atom stereocenters. The third-order valence-electron chi connectivity index (χ3n) is 1.87. The summed E-state index contributed by atoms with van der Waals surface area (Å²) in [5.41, 5.74) is -1.16. The summed E-state index contributed by atoms with van der Waals surface area (Å²) in [5.74, 6) is 0.358. The zero-order valence-corrected chi connectivity index (χ0v) is 8.90. The van der Waals surface area contributed by atoms with Gasteiger partial charge < -0.3 is 10.4 Å². The smallest absolute Gasteiger partial charge is 0.433 e. The molecule has 96 valence electrons. The van der Waals surface area contributed by atoms with Crippen LogP contribution in [-0.2, 0) is 11.0 Å². The first-order valence-electron chi connectivity index (χ1n) is 4.67. The number of hydrogen-bond donors (Lipinski definition) is 2. The van der Waals surface area contributed by atoms with Crippen molar-refractivity contribution in [2.75, 3.05) is 5.32 Å². The minimum Gasteiger partial charge on any atom is -0.480 e. The van der Waals surface area contributed by atoms with E-state index in [4.69, 9.17) is 11.5 Å². The van der Waals surface area contributed by atoms with Crippen molar-refractivity contribution < 1.29 is 23.1 Å². The fourth-order valence-corrected chi connectivity index (χ4v) is 1.06. The molecule has 0 radical (unpaired) electrons. The summed E-state index contributed by atoms with van der Waals surface area (Å²) in [5, 5.41) is 11.0. The minimum atomic E-state index is -4.62. The average Bonchev–Trinajstić information content (AvgIpc) is 2.27. The topological polar surface area (TPSA) is 75.1 Å². The monoisotopic (exact) mass is 259 g/mol. The normalized spacial score (nSPS) is 12.6. The lowest BCUT2D eigenvalue weighted by molar-refractivity contribution is -0.141. The molecule has 0 aliphatic rings. The number of nitrogens with zero attached hydrogens (tertiary/aromatic N) is 2. The fourth-order valence-electron chi connectivity index (χ4n) is 1.06. The molecule has 0 fully saturated rings. The number of halogens is 3. The molecular weight excluding hydrogens is 251 g/mol. The van der Waals surface area contributed by atoms with Crippen molar-refractivity contribution in [1.29, 1.82) is 0 Å². The van der Waals surface area contributed by atoms with E-state index in [0.29, 0.717) is 6.07 Å². The Morgan fingerprint density at radius 3 is 2.78 bits per heavy atom. The quantitative estimate of drug-likeness (QED) is 0.799. The molecule has 0 amide bonds. The lowest BCUT2D eigenvalue weighted by Gasteiger charge is -2.12. The van der Waals surface area contributed by atoms with Gasteiger partial charge in [-0.25, -0.2) is 14.8 Å². The van der Waals surface area contributed by atoms with E-state index < -0.39 is 29.8 Å². The van der Waals surface area contributed by atoms with Crippen molar-refractivity contribution in [3.05, 3.63) is 18.0 Å². The summed E-state index contributed by atoms with van der Waals surface area (Å²) in [6.07, 6.45) is 1.01. The van der Waals surface area contributed by atoms with E-state index in [9.17, 15) is 18.0 Å². The fraction of sp³-hybridized carbons (Fsp3) is 0.300. The summed E-state index contributed by atoms with van der Waals surface area (Å²) in [6.45, 7) is 0. The Kier molecular flexibility index (Phi) is 4.09. The van der Waals surface area contributed by atoms with Gasteiger partial charge in [0.2, 0.25) is 5.95 Å². The zero-order chi connectivity index (χ0) is 13.8. The Morgan fingerprint density at radius 1 is 1.61 bits per heavy atom. The van der Waals surface area contributed by atoms with Gasteiger partial charge in [-0.3, -0.25) is 0 Å². The molecule has 5 nitrogen and oxygen atoms in total. The molecule has 1 aromatic rings. The van der Waals surface area contributed by atoms with E-state index in [1.807, 2.05) is 0 Å². The van der Waals surface area contributed by atoms with Crippen LogP contribution in [0.1, 0.15) is 12.1 Å². The first-order valence-corrected chi connectivity index (χ1v) is 4.67. The van der Waals surface area contributed by atoms with Crippen LogP contribution in [0.25, 0.3) is 0 Å². The van der Waals surface area contributed by atoms with Gasteiger partial charge >= 0.3 is 12.1 Å². The molecule has 0 aromatic carbocycles. The lowest BCUT2D eigenvalue weighted by Crippen LogP contribution is -2.30. The lowest BCUT2D eigenvalue weighted by atomic mass is 10.2. The Bertz CT molecular complexity index is 482. The Balaban J connectivity index is 2.91. The first kappa shape index (κ1) is 13.8. The van der Waals surface area contributed by atoms with Crippen LogP contribution in [0.3, 0.4) is 0 Å². The average molecular weight is 259 g/mol.